The Morgan fingerprint density at radius 2 is 1.45 bits per heavy atom. The minimum Gasteiger partial charge on any atom is -0.451 e. The average Bonchev–Trinajstić information content (AvgIpc) is 3.87. The third-order valence-corrected chi connectivity index (χ3v) is 9.48. The summed E-state index contributed by atoms with van der Waals surface area (Å²) in [7, 11) is 1.33. The van der Waals surface area contributed by atoms with Gasteiger partial charge in [0.25, 0.3) is 0 Å². The molecule has 0 saturated heterocycles. The van der Waals surface area contributed by atoms with E-state index in [0.717, 1.165) is 59.1 Å². The van der Waals surface area contributed by atoms with Crippen LogP contribution in [0.2, 0.25) is 0 Å². The molecule has 47 heavy (non-hydrogen) atoms. The second-order valence-corrected chi connectivity index (χ2v) is 11.9. The van der Waals surface area contributed by atoms with Gasteiger partial charge in [0.1, 0.15) is 0 Å². The number of carbonyl (C=O) groups excluding carboxylic acids is 2. The van der Waals surface area contributed by atoms with Crippen LogP contribution in [0.4, 0.5) is 15.3 Å². The zero-order valence-electron chi connectivity index (χ0n) is 25.8. The Morgan fingerprint density at radius 1 is 0.787 bits per heavy atom. The third-order valence-electron chi connectivity index (χ3n) is 9.48. The molecule has 0 spiro atoms. The second kappa shape index (κ2) is 11.8. The molecule has 0 bridgehead atoms. The van der Waals surface area contributed by atoms with Crippen molar-refractivity contribution < 1.29 is 14.3 Å². The van der Waals surface area contributed by atoms with Gasteiger partial charge < -0.3 is 10.1 Å². The molecule has 6 aromatic rings. The molecular formula is C38H32N6O3. The number of urea groups is 1. The maximum absolute atomic E-state index is 14.7. The number of anilines is 1. The first kappa shape index (κ1) is 28.6. The van der Waals surface area contributed by atoms with Crippen LogP contribution in [0.25, 0.3) is 33.2 Å². The number of ether oxygens (including phenoxy) is 1. The molecule has 2 aliphatic rings. The van der Waals surface area contributed by atoms with Crippen molar-refractivity contribution in [2.24, 2.45) is 0 Å². The number of rotatable bonds is 5. The maximum Gasteiger partial charge on any atom is 0.434 e. The summed E-state index contributed by atoms with van der Waals surface area (Å²) in [4.78, 5) is 37.8. The van der Waals surface area contributed by atoms with Crippen LogP contribution in [0, 0.1) is 0 Å². The first-order chi connectivity index (χ1) is 23.1. The normalized spacial score (nSPS) is 16.4. The number of hydrogen-bond donors (Lipinski definition) is 1. The highest BCUT2D eigenvalue weighted by Crippen LogP contribution is 2.45. The molecule has 3 aromatic carbocycles. The highest BCUT2D eigenvalue weighted by molar-refractivity contribution is 6.04. The van der Waals surface area contributed by atoms with Gasteiger partial charge in [-0.25, -0.2) is 9.59 Å². The van der Waals surface area contributed by atoms with Gasteiger partial charge in [-0.15, -0.1) is 0 Å². The van der Waals surface area contributed by atoms with Crippen LogP contribution in [0.1, 0.15) is 47.2 Å². The first-order valence-electron chi connectivity index (χ1n) is 15.8. The van der Waals surface area contributed by atoms with Crippen molar-refractivity contribution >= 4 is 28.7 Å². The molecule has 9 nitrogen and oxygen atoms in total. The summed E-state index contributed by atoms with van der Waals surface area (Å²) in [5, 5.41) is 8.44. The SMILES string of the molecule is COC(=O)n1ncc2c(N(C(=O)NC3CCc4c(-c5cccnc5)cccc43)C3CCc4c(-c5cccnc5)cccc43)cccc21. The fourth-order valence-corrected chi connectivity index (χ4v) is 7.41. The fourth-order valence-electron chi connectivity index (χ4n) is 7.41. The van der Waals surface area contributed by atoms with Crippen LogP contribution in [0.3, 0.4) is 0 Å². The van der Waals surface area contributed by atoms with Gasteiger partial charge in [-0.1, -0.05) is 54.6 Å². The lowest BCUT2D eigenvalue weighted by Gasteiger charge is -2.32. The fraction of sp³-hybridized carbons (Fsp3) is 0.184. The Bertz CT molecular complexity index is 2130. The smallest absolute Gasteiger partial charge is 0.434 e. The van der Waals surface area contributed by atoms with E-state index in [-0.39, 0.29) is 18.1 Å². The summed E-state index contributed by atoms with van der Waals surface area (Å²) >= 11 is 0. The molecule has 0 radical (unpaired) electrons. The van der Waals surface area contributed by atoms with Gasteiger partial charge in [0.05, 0.1) is 36.6 Å². The number of nitrogens with one attached hydrogen (secondary N) is 1. The Kier molecular flexibility index (Phi) is 7.21. The number of methoxy groups -OCH3 is 1. The van der Waals surface area contributed by atoms with Crippen molar-refractivity contribution in [3.05, 3.63) is 132 Å². The summed E-state index contributed by atoms with van der Waals surface area (Å²) in [5.41, 5.74) is 10.3. The molecule has 0 saturated carbocycles. The van der Waals surface area contributed by atoms with Crippen LogP contribution in [-0.4, -0.2) is 39.0 Å². The van der Waals surface area contributed by atoms with Crippen molar-refractivity contribution in [3.8, 4) is 22.3 Å². The highest BCUT2D eigenvalue weighted by Gasteiger charge is 2.37. The number of benzene rings is 3. The van der Waals surface area contributed by atoms with Crippen molar-refractivity contribution in [2.45, 2.75) is 37.8 Å². The van der Waals surface area contributed by atoms with E-state index in [1.165, 1.54) is 22.9 Å². The molecule has 3 aromatic heterocycles. The van der Waals surface area contributed by atoms with Gasteiger partial charge in [-0.05, 0) is 83.3 Å². The third kappa shape index (κ3) is 4.91. The van der Waals surface area contributed by atoms with Gasteiger partial charge in [-0.2, -0.15) is 9.78 Å². The van der Waals surface area contributed by atoms with Crippen LogP contribution in [0.5, 0.6) is 0 Å². The molecule has 2 amide bonds. The Balaban J connectivity index is 1.21. The van der Waals surface area contributed by atoms with Gasteiger partial charge in [0.15, 0.2) is 0 Å². The number of amides is 2. The van der Waals surface area contributed by atoms with E-state index in [9.17, 15) is 9.59 Å². The molecule has 2 unspecified atom stereocenters. The van der Waals surface area contributed by atoms with E-state index in [4.69, 9.17) is 4.74 Å². The highest BCUT2D eigenvalue weighted by atomic mass is 16.5. The van der Waals surface area contributed by atoms with Crippen molar-refractivity contribution in [3.63, 3.8) is 0 Å². The van der Waals surface area contributed by atoms with Gasteiger partial charge >= 0.3 is 12.1 Å². The quantitative estimate of drug-likeness (QED) is 0.212. The van der Waals surface area contributed by atoms with Crippen LogP contribution < -0.4 is 10.2 Å². The van der Waals surface area contributed by atoms with E-state index in [0.29, 0.717) is 16.6 Å². The molecule has 232 valence electrons. The summed E-state index contributed by atoms with van der Waals surface area (Å²) in [5.74, 6) is 0. The lowest BCUT2D eigenvalue weighted by Crippen LogP contribution is -2.43. The molecular weight excluding hydrogens is 588 g/mol. The van der Waals surface area contributed by atoms with Crippen LogP contribution in [0.15, 0.2) is 110 Å². The molecule has 9 heteroatoms. The van der Waals surface area contributed by atoms with Crippen LogP contribution in [-0.2, 0) is 17.6 Å². The number of nitrogens with zero attached hydrogens (tertiary/aromatic N) is 5. The second-order valence-electron chi connectivity index (χ2n) is 11.9. The Labute approximate surface area is 271 Å². The molecule has 8 rings (SSSR count). The number of hydrogen-bond acceptors (Lipinski definition) is 6. The number of aromatic nitrogens is 4. The van der Waals surface area contributed by atoms with E-state index in [2.05, 4.69) is 68.9 Å². The number of carbonyl (C=O) groups is 2. The molecule has 3 heterocycles. The zero-order valence-corrected chi connectivity index (χ0v) is 25.8. The van der Waals surface area contributed by atoms with E-state index in [1.807, 2.05) is 47.6 Å². The van der Waals surface area contributed by atoms with Crippen molar-refractivity contribution in [1.29, 1.82) is 0 Å². The van der Waals surface area contributed by atoms with Gasteiger partial charge in [0, 0.05) is 41.3 Å². The Morgan fingerprint density at radius 3 is 2.13 bits per heavy atom. The Hall–Kier alpha value is -5.83. The standard InChI is InChI=1S/C38H32N6O3/c1-47-38(46)44-36-14-4-13-34(32(36)23-41-44)43(35-18-16-29-27(10-3-12-31(29)35)25-8-6-20-40-22-25)37(45)42-33-17-15-28-26(9-2-11-30(28)33)24-7-5-19-39-21-24/h2-14,19-23,33,35H,15-18H2,1H3,(H,42,45). The first-order valence-corrected chi connectivity index (χ1v) is 15.8. The lowest BCUT2D eigenvalue weighted by atomic mass is 9.97. The summed E-state index contributed by atoms with van der Waals surface area (Å²) < 4.78 is 6.20. The molecule has 1 N–H and O–H groups in total. The topological polar surface area (TPSA) is 102 Å². The van der Waals surface area contributed by atoms with Gasteiger partial charge in [0.2, 0.25) is 0 Å². The van der Waals surface area contributed by atoms with Crippen molar-refractivity contribution in [2.75, 3.05) is 12.0 Å². The predicted molar refractivity (Wildman–Crippen MR) is 180 cm³/mol. The monoisotopic (exact) mass is 620 g/mol. The molecule has 2 atom stereocenters. The minimum absolute atomic E-state index is 0.156. The van der Waals surface area contributed by atoms with Crippen molar-refractivity contribution in [1.82, 2.24) is 25.1 Å². The summed E-state index contributed by atoms with van der Waals surface area (Å²) in [6.45, 7) is 0. The minimum atomic E-state index is -0.590. The molecule has 2 aliphatic carbocycles. The summed E-state index contributed by atoms with van der Waals surface area (Å²) in [6, 6.07) is 25.6. The average molecular weight is 621 g/mol. The maximum atomic E-state index is 14.7. The van der Waals surface area contributed by atoms with E-state index >= 15 is 0 Å². The number of pyridine rings is 2. The largest absolute Gasteiger partial charge is 0.451 e. The zero-order chi connectivity index (χ0) is 31.9. The molecule has 0 fully saturated rings. The van der Waals surface area contributed by atoms with Gasteiger partial charge in [-0.3, -0.25) is 14.9 Å². The van der Waals surface area contributed by atoms with E-state index < -0.39 is 6.09 Å². The number of fused-ring (bicyclic) bond motifs is 3. The summed E-state index contributed by atoms with van der Waals surface area (Å²) in [6.07, 6.45) is 11.6. The predicted octanol–water partition coefficient (Wildman–Crippen LogP) is 7.67. The van der Waals surface area contributed by atoms with E-state index in [1.54, 1.807) is 18.6 Å². The van der Waals surface area contributed by atoms with Crippen LogP contribution >= 0.6 is 0 Å². The lowest BCUT2D eigenvalue weighted by molar-refractivity contribution is 0.170. The molecule has 0 aliphatic heterocycles.